The van der Waals surface area contributed by atoms with Gasteiger partial charge in [-0.25, -0.2) is 9.82 Å². The van der Waals surface area contributed by atoms with E-state index in [-0.39, 0.29) is 5.69 Å². The summed E-state index contributed by atoms with van der Waals surface area (Å²) in [6, 6.07) is 16.5. The van der Waals surface area contributed by atoms with Crippen molar-refractivity contribution >= 4 is 39.6 Å². The van der Waals surface area contributed by atoms with Gasteiger partial charge in [-0.3, -0.25) is 9.59 Å². The molecular formula is C25H23BrFN3O4. The fourth-order valence-corrected chi connectivity index (χ4v) is 3.42. The molecule has 3 aromatic carbocycles. The molecule has 0 aliphatic carbocycles. The Morgan fingerprint density at radius 1 is 1.03 bits per heavy atom. The molecule has 0 saturated heterocycles. The second-order valence-corrected chi connectivity index (χ2v) is 8.05. The van der Waals surface area contributed by atoms with Crippen molar-refractivity contribution in [1.29, 1.82) is 0 Å². The van der Waals surface area contributed by atoms with E-state index in [0.29, 0.717) is 34.7 Å². The highest BCUT2D eigenvalue weighted by atomic mass is 79.9. The molecule has 7 nitrogen and oxygen atoms in total. The van der Waals surface area contributed by atoms with Crippen LogP contribution in [0.3, 0.4) is 0 Å². The molecule has 0 fully saturated rings. The highest BCUT2D eigenvalue weighted by Gasteiger charge is 2.14. The molecule has 2 amide bonds. The summed E-state index contributed by atoms with van der Waals surface area (Å²) in [6.07, 6.45) is 1.38. The van der Waals surface area contributed by atoms with Crippen molar-refractivity contribution in [2.45, 2.75) is 20.5 Å². The van der Waals surface area contributed by atoms with E-state index in [4.69, 9.17) is 9.47 Å². The maximum absolute atomic E-state index is 12.9. The first kappa shape index (κ1) is 24.9. The maximum atomic E-state index is 12.9. The summed E-state index contributed by atoms with van der Waals surface area (Å²) < 4.78 is 25.3. The van der Waals surface area contributed by atoms with E-state index in [1.807, 2.05) is 38.1 Å². The SMILES string of the molecule is CCOc1cc(C=NNC(=O)C(=O)Nc2ccc(F)cc2)cc(Br)c1OCc1ccc(C)cc1. The van der Waals surface area contributed by atoms with Crippen LogP contribution >= 0.6 is 15.9 Å². The fraction of sp³-hybridized carbons (Fsp3) is 0.160. The van der Waals surface area contributed by atoms with E-state index < -0.39 is 17.6 Å². The number of rotatable bonds is 8. The molecule has 0 saturated carbocycles. The van der Waals surface area contributed by atoms with Crippen LogP contribution in [0.4, 0.5) is 10.1 Å². The van der Waals surface area contributed by atoms with Gasteiger partial charge in [-0.15, -0.1) is 0 Å². The predicted molar refractivity (Wildman–Crippen MR) is 132 cm³/mol. The topological polar surface area (TPSA) is 89.0 Å². The van der Waals surface area contributed by atoms with Crippen LogP contribution in [-0.4, -0.2) is 24.6 Å². The minimum Gasteiger partial charge on any atom is -0.490 e. The van der Waals surface area contributed by atoms with Gasteiger partial charge in [-0.2, -0.15) is 5.10 Å². The number of ether oxygens (including phenoxy) is 2. The Kier molecular flexibility index (Phi) is 8.75. The molecule has 0 unspecified atom stereocenters. The molecule has 0 spiro atoms. The largest absolute Gasteiger partial charge is 0.490 e. The van der Waals surface area contributed by atoms with Crippen LogP contribution in [0, 0.1) is 12.7 Å². The van der Waals surface area contributed by atoms with Crippen molar-refractivity contribution in [1.82, 2.24) is 5.43 Å². The molecule has 176 valence electrons. The molecule has 34 heavy (non-hydrogen) atoms. The van der Waals surface area contributed by atoms with Gasteiger partial charge in [0.15, 0.2) is 11.5 Å². The second-order valence-electron chi connectivity index (χ2n) is 7.20. The summed E-state index contributed by atoms with van der Waals surface area (Å²) >= 11 is 3.49. The van der Waals surface area contributed by atoms with Gasteiger partial charge >= 0.3 is 11.8 Å². The summed E-state index contributed by atoms with van der Waals surface area (Å²) in [6.45, 7) is 4.67. The molecule has 2 N–H and O–H groups in total. The minimum absolute atomic E-state index is 0.289. The van der Waals surface area contributed by atoms with Gasteiger partial charge in [0.05, 0.1) is 17.3 Å². The number of amides is 2. The first-order valence-electron chi connectivity index (χ1n) is 10.4. The number of hydrogen-bond acceptors (Lipinski definition) is 5. The van der Waals surface area contributed by atoms with Gasteiger partial charge in [-0.05, 0) is 77.3 Å². The first-order chi connectivity index (χ1) is 16.4. The molecule has 0 atom stereocenters. The number of hydrogen-bond donors (Lipinski definition) is 2. The Morgan fingerprint density at radius 3 is 2.41 bits per heavy atom. The zero-order valence-corrected chi connectivity index (χ0v) is 20.2. The van der Waals surface area contributed by atoms with Gasteiger partial charge < -0.3 is 14.8 Å². The maximum Gasteiger partial charge on any atom is 0.329 e. The van der Waals surface area contributed by atoms with E-state index in [9.17, 15) is 14.0 Å². The van der Waals surface area contributed by atoms with Crippen LogP contribution in [0.15, 0.2) is 70.2 Å². The Hall–Kier alpha value is -3.72. The summed E-state index contributed by atoms with van der Waals surface area (Å²) in [5.74, 6) is -1.30. The molecule has 0 aliphatic heterocycles. The zero-order chi connectivity index (χ0) is 24.5. The van der Waals surface area contributed by atoms with Crippen LogP contribution in [0.25, 0.3) is 0 Å². The van der Waals surface area contributed by atoms with E-state index in [2.05, 4.69) is 31.8 Å². The van der Waals surface area contributed by atoms with E-state index >= 15 is 0 Å². The van der Waals surface area contributed by atoms with E-state index in [0.717, 1.165) is 5.56 Å². The van der Waals surface area contributed by atoms with Gasteiger partial charge in [0.25, 0.3) is 0 Å². The van der Waals surface area contributed by atoms with Crippen LogP contribution in [-0.2, 0) is 16.2 Å². The van der Waals surface area contributed by atoms with Crippen LogP contribution < -0.4 is 20.2 Å². The molecule has 9 heteroatoms. The van der Waals surface area contributed by atoms with Gasteiger partial charge in [-0.1, -0.05) is 29.8 Å². The quantitative estimate of drug-likeness (QED) is 0.246. The number of halogens is 2. The average molecular weight is 528 g/mol. The fourth-order valence-electron chi connectivity index (χ4n) is 2.84. The molecule has 3 rings (SSSR count). The van der Waals surface area contributed by atoms with Gasteiger partial charge in [0.1, 0.15) is 12.4 Å². The van der Waals surface area contributed by atoms with Crippen LogP contribution in [0.5, 0.6) is 11.5 Å². The number of benzene rings is 3. The molecule has 0 aromatic heterocycles. The van der Waals surface area contributed by atoms with E-state index in [1.54, 1.807) is 12.1 Å². The van der Waals surface area contributed by atoms with Crippen molar-refractivity contribution in [3.8, 4) is 11.5 Å². The molecule has 0 heterocycles. The summed E-state index contributed by atoms with van der Waals surface area (Å²) in [4.78, 5) is 23.9. The van der Waals surface area contributed by atoms with Crippen molar-refractivity contribution in [2.24, 2.45) is 5.10 Å². The van der Waals surface area contributed by atoms with E-state index in [1.165, 1.54) is 36.0 Å². The highest BCUT2D eigenvalue weighted by molar-refractivity contribution is 9.10. The predicted octanol–water partition coefficient (Wildman–Crippen LogP) is 4.96. The lowest BCUT2D eigenvalue weighted by Crippen LogP contribution is -2.32. The number of hydrazone groups is 1. The van der Waals surface area contributed by atoms with Crippen molar-refractivity contribution in [3.63, 3.8) is 0 Å². The van der Waals surface area contributed by atoms with Crippen molar-refractivity contribution in [2.75, 3.05) is 11.9 Å². The second kappa shape index (κ2) is 11.9. The highest BCUT2D eigenvalue weighted by Crippen LogP contribution is 2.37. The van der Waals surface area contributed by atoms with Gasteiger partial charge in [0.2, 0.25) is 0 Å². The monoisotopic (exact) mass is 527 g/mol. The molecule has 3 aromatic rings. The molecular weight excluding hydrogens is 505 g/mol. The van der Waals surface area contributed by atoms with Crippen molar-refractivity contribution < 1.29 is 23.5 Å². The standard InChI is InChI=1S/C25H23BrFN3O4/c1-3-33-22-13-18(12-21(26)23(22)34-15-17-6-4-16(2)5-7-17)14-28-30-25(32)24(31)29-20-10-8-19(27)9-11-20/h4-14H,3,15H2,1-2H3,(H,29,31)(H,30,32). The number of nitrogens with zero attached hydrogens (tertiary/aromatic N) is 1. The lowest BCUT2D eigenvalue weighted by Gasteiger charge is -2.15. The number of anilines is 1. The minimum atomic E-state index is -0.970. The smallest absolute Gasteiger partial charge is 0.329 e. The third-order valence-electron chi connectivity index (χ3n) is 4.52. The van der Waals surface area contributed by atoms with Crippen LogP contribution in [0.2, 0.25) is 0 Å². The number of carbonyl (C=O) groups is 2. The number of aryl methyl sites for hydroxylation is 1. The molecule has 0 bridgehead atoms. The lowest BCUT2D eigenvalue weighted by molar-refractivity contribution is -0.136. The summed E-state index contributed by atoms with van der Waals surface area (Å²) in [5, 5.41) is 6.18. The normalized spacial score (nSPS) is 10.7. The third-order valence-corrected chi connectivity index (χ3v) is 5.11. The number of carbonyl (C=O) groups excluding carboxylic acids is 2. The molecule has 0 aliphatic rings. The Labute approximate surface area is 205 Å². The lowest BCUT2D eigenvalue weighted by atomic mass is 10.2. The third kappa shape index (κ3) is 7.14. The Morgan fingerprint density at radius 2 is 1.74 bits per heavy atom. The summed E-state index contributed by atoms with van der Waals surface area (Å²) in [7, 11) is 0. The Balaban J connectivity index is 1.64. The summed E-state index contributed by atoms with van der Waals surface area (Å²) in [5.41, 5.74) is 5.24. The average Bonchev–Trinajstić information content (AvgIpc) is 2.81. The number of nitrogens with one attached hydrogen (secondary N) is 2. The zero-order valence-electron chi connectivity index (χ0n) is 18.6. The van der Waals surface area contributed by atoms with Crippen molar-refractivity contribution in [3.05, 3.63) is 87.6 Å². The van der Waals surface area contributed by atoms with Gasteiger partial charge in [0, 0.05) is 5.69 Å². The first-order valence-corrected chi connectivity index (χ1v) is 11.2. The Bertz CT molecular complexity index is 1180. The molecule has 0 radical (unpaired) electrons. The van der Waals surface area contributed by atoms with Crippen LogP contribution in [0.1, 0.15) is 23.6 Å².